The van der Waals surface area contributed by atoms with E-state index in [1.807, 2.05) is 0 Å². The maximum absolute atomic E-state index is 11.0. The summed E-state index contributed by atoms with van der Waals surface area (Å²) in [6, 6.07) is 5.16. The first-order valence-corrected chi connectivity index (χ1v) is 6.36. The molecule has 1 rings (SSSR count). The van der Waals surface area contributed by atoms with Gasteiger partial charge in [0.05, 0.1) is 0 Å². The van der Waals surface area contributed by atoms with E-state index >= 15 is 0 Å². The van der Waals surface area contributed by atoms with Crippen LogP contribution in [0.2, 0.25) is 0 Å². The second kappa shape index (κ2) is 4.00. The lowest BCUT2D eigenvalue weighted by Crippen LogP contribution is -2.18. The van der Waals surface area contributed by atoms with E-state index in [2.05, 4.69) is 0 Å². The Hall–Kier alpha value is -0.770. The SMILES string of the molecule is Nc1ccc(C(O)([PH+]=O)P(=O)(O)O)cc1. The van der Waals surface area contributed by atoms with Crippen molar-refractivity contribution in [1.82, 2.24) is 0 Å². The summed E-state index contributed by atoms with van der Waals surface area (Å²) >= 11 is 0. The Bertz CT molecular complexity index is 414. The Labute approximate surface area is 87.1 Å². The predicted octanol–water partition coefficient (Wildman–Crippen LogP) is 0.573. The van der Waals surface area contributed by atoms with E-state index in [4.69, 9.17) is 15.5 Å². The minimum atomic E-state index is -4.91. The lowest BCUT2D eigenvalue weighted by molar-refractivity contribution is 0.168. The maximum Gasteiger partial charge on any atom is 0.412 e. The highest BCUT2D eigenvalue weighted by molar-refractivity contribution is 7.62. The third kappa shape index (κ3) is 2.25. The minimum absolute atomic E-state index is 0.127. The Morgan fingerprint density at radius 2 is 1.73 bits per heavy atom. The van der Waals surface area contributed by atoms with Gasteiger partial charge in [-0.2, -0.15) is 0 Å². The summed E-state index contributed by atoms with van der Waals surface area (Å²) in [6.07, 6.45) is 0. The molecular weight excluding hydrogens is 240 g/mol. The molecule has 2 atom stereocenters. The van der Waals surface area contributed by atoms with Crippen LogP contribution in [0.25, 0.3) is 0 Å². The lowest BCUT2D eigenvalue weighted by Gasteiger charge is -2.15. The van der Waals surface area contributed by atoms with E-state index < -0.39 is 21.1 Å². The molecule has 5 N–H and O–H groups in total. The minimum Gasteiger partial charge on any atom is -0.399 e. The topological polar surface area (TPSA) is 121 Å². The lowest BCUT2D eigenvalue weighted by atomic mass is 10.2. The molecule has 0 saturated carbocycles. The largest absolute Gasteiger partial charge is 0.412 e. The first-order chi connectivity index (χ1) is 6.81. The van der Waals surface area contributed by atoms with Gasteiger partial charge in [0.2, 0.25) is 0 Å². The molecule has 0 saturated heterocycles. The molecule has 0 heterocycles. The van der Waals surface area contributed by atoms with Gasteiger partial charge in [-0.1, -0.05) is 4.57 Å². The van der Waals surface area contributed by atoms with Gasteiger partial charge in [0.15, 0.2) is 0 Å². The van der Waals surface area contributed by atoms with Crippen molar-refractivity contribution in [3.8, 4) is 0 Å². The van der Waals surface area contributed by atoms with E-state index in [1.54, 1.807) is 0 Å². The third-order valence-electron chi connectivity index (χ3n) is 1.88. The van der Waals surface area contributed by atoms with Crippen molar-refractivity contribution in [2.45, 2.75) is 5.08 Å². The summed E-state index contributed by atoms with van der Waals surface area (Å²) < 4.78 is 21.7. The number of hydrogen-bond donors (Lipinski definition) is 4. The van der Waals surface area contributed by atoms with E-state index in [0.717, 1.165) is 0 Å². The summed E-state index contributed by atoms with van der Waals surface area (Å²) in [4.78, 5) is 17.8. The van der Waals surface area contributed by atoms with Crippen LogP contribution in [0.1, 0.15) is 5.56 Å². The van der Waals surface area contributed by atoms with Crippen LogP contribution >= 0.6 is 16.1 Å². The number of aliphatic hydroxyl groups is 1. The molecule has 8 heteroatoms. The molecule has 0 fully saturated rings. The van der Waals surface area contributed by atoms with Gasteiger partial charge in [-0.3, -0.25) is 4.57 Å². The van der Waals surface area contributed by atoms with Crippen LogP contribution in [0.5, 0.6) is 0 Å². The first-order valence-electron chi connectivity index (χ1n) is 3.84. The summed E-state index contributed by atoms with van der Waals surface area (Å²) in [5, 5.41) is 6.96. The van der Waals surface area contributed by atoms with Gasteiger partial charge in [0.1, 0.15) is 0 Å². The van der Waals surface area contributed by atoms with Gasteiger partial charge < -0.3 is 20.6 Å². The van der Waals surface area contributed by atoms with E-state index in [-0.39, 0.29) is 5.56 Å². The van der Waals surface area contributed by atoms with Crippen molar-refractivity contribution in [1.29, 1.82) is 0 Å². The molecule has 82 valence electrons. The molecule has 0 aliphatic carbocycles. The molecule has 2 unspecified atom stereocenters. The van der Waals surface area contributed by atoms with Gasteiger partial charge in [-0.25, -0.2) is 0 Å². The number of nitrogens with two attached hydrogens (primary N) is 1. The number of nitrogen functional groups attached to an aromatic ring is 1. The van der Waals surface area contributed by atoms with Crippen LogP contribution in [-0.2, 0) is 14.2 Å². The van der Waals surface area contributed by atoms with Gasteiger partial charge in [-0.15, -0.1) is 0 Å². The molecule has 1 aromatic rings. The number of benzene rings is 1. The molecule has 0 aliphatic rings. The van der Waals surface area contributed by atoms with Gasteiger partial charge in [0.25, 0.3) is 0 Å². The summed E-state index contributed by atoms with van der Waals surface area (Å²) in [5.41, 5.74) is 5.62. The maximum atomic E-state index is 11.0. The van der Waals surface area contributed by atoms with Gasteiger partial charge in [-0.05, 0) is 24.3 Å². The molecule has 0 aliphatic heterocycles. The van der Waals surface area contributed by atoms with E-state index in [9.17, 15) is 14.2 Å². The highest BCUT2D eigenvalue weighted by atomic mass is 31.2. The fraction of sp³-hybridized carbons (Fsp3) is 0.143. The highest BCUT2D eigenvalue weighted by Crippen LogP contribution is 2.61. The molecule has 1 aromatic carbocycles. The summed E-state index contributed by atoms with van der Waals surface area (Å²) in [7, 11) is -6.48. The standard InChI is InChI=1S/C7H9NO5P2/c8-6-3-1-5(2-4-6)7(9,14-10)15(11,12)13/h1-4,9H,8H2,(H2,11,12,13)/p+1. The van der Waals surface area contributed by atoms with Gasteiger partial charge >= 0.3 is 21.1 Å². The summed E-state index contributed by atoms with van der Waals surface area (Å²) in [5.74, 6) is 0. The average molecular weight is 250 g/mol. The van der Waals surface area contributed by atoms with E-state index in [0.29, 0.717) is 5.69 Å². The number of rotatable bonds is 3. The summed E-state index contributed by atoms with van der Waals surface area (Å²) in [6.45, 7) is 0. The van der Waals surface area contributed by atoms with Crippen LogP contribution in [0.15, 0.2) is 24.3 Å². The fourth-order valence-corrected chi connectivity index (χ4v) is 2.25. The monoisotopic (exact) mass is 250 g/mol. The van der Waals surface area contributed by atoms with Crippen molar-refractivity contribution < 1.29 is 24.0 Å². The third-order valence-corrected chi connectivity index (χ3v) is 4.70. The molecule has 0 aromatic heterocycles. The van der Waals surface area contributed by atoms with Crippen molar-refractivity contribution in [3.63, 3.8) is 0 Å². The molecule has 0 amide bonds. The van der Waals surface area contributed by atoms with E-state index in [1.165, 1.54) is 24.3 Å². The molecule has 0 spiro atoms. The Balaban J connectivity index is 3.30. The van der Waals surface area contributed by atoms with Crippen LogP contribution in [0, 0.1) is 0 Å². The smallest absolute Gasteiger partial charge is 0.399 e. The number of anilines is 1. The molecule has 0 radical (unpaired) electrons. The fourth-order valence-electron chi connectivity index (χ4n) is 1.00. The normalized spacial score (nSPS) is 16.2. The van der Waals surface area contributed by atoms with Crippen LogP contribution < -0.4 is 5.73 Å². The molecule has 6 nitrogen and oxygen atoms in total. The molecular formula is C7H10NO5P2+. The highest BCUT2D eigenvalue weighted by Gasteiger charge is 2.56. The quantitative estimate of drug-likeness (QED) is 0.459. The van der Waals surface area contributed by atoms with Crippen LogP contribution in [0.3, 0.4) is 0 Å². The Morgan fingerprint density at radius 1 is 1.27 bits per heavy atom. The second-order valence-corrected chi connectivity index (χ2v) is 6.02. The molecule has 0 bridgehead atoms. The zero-order valence-corrected chi connectivity index (χ0v) is 9.39. The predicted molar refractivity (Wildman–Crippen MR) is 55.8 cm³/mol. The van der Waals surface area contributed by atoms with Crippen LogP contribution in [0.4, 0.5) is 5.69 Å². The zero-order chi connectivity index (χ0) is 11.7. The first kappa shape index (κ1) is 12.3. The second-order valence-electron chi connectivity index (χ2n) is 2.94. The molecule has 15 heavy (non-hydrogen) atoms. The van der Waals surface area contributed by atoms with Crippen molar-refractivity contribution >= 4 is 21.7 Å². The number of hydrogen-bond acceptors (Lipinski definition) is 4. The van der Waals surface area contributed by atoms with Crippen molar-refractivity contribution in [2.75, 3.05) is 5.73 Å². The Kier molecular flexibility index (Phi) is 3.28. The van der Waals surface area contributed by atoms with Crippen molar-refractivity contribution in [3.05, 3.63) is 29.8 Å². The van der Waals surface area contributed by atoms with Crippen LogP contribution in [-0.4, -0.2) is 14.9 Å². The zero-order valence-electron chi connectivity index (χ0n) is 7.49. The average Bonchev–Trinajstić information content (AvgIpc) is 2.16. The Morgan fingerprint density at radius 3 is 2.07 bits per heavy atom. The van der Waals surface area contributed by atoms with Gasteiger partial charge in [0, 0.05) is 11.3 Å². The van der Waals surface area contributed by atoms with Crippen molar-refractivity contribution in [2.24, 2.45) is 0 Å².